The maximum absolute atomic E-state index is 11.8. The number of hydrogen-bond donors (Lipinski definition) is 1. The summed E-state index contributed by atoms with van der Waals surface area (Å²) >= 11 is 0. The van der Waals surface area contributed by atoms with Gasteiger partial charge in [0.05, 0.1) is 6.61 Å². The van der Waals surface area contributed by atoms with Gasteiger partial charge in [-0.05, 0) is 18.6 Å². The van der Waals surface area contributed by atoms with Gasteiger partial charge in [-0.3, -0.25) is 0 Å². The number of hydrogen-bond acceptors (Lipinski definition) is 3. The van der Waals surface area contributed by atoms with Crippen LogP contribution in [0.1, 0.15) is 15.9 Å². The van der Waals surface area contributed by atoms with Gasteiger partial charge in [-0.15, -0.1) is 0 Å². The lowest BCUT2D eigenvalue weighted by molar-refractivity contribution is -0.175. The van der Waals surface area contributed by atoms with Gasteiger partial charge in [0.1, 0.15) is 24.5 Å². The van der Waals surface area contributed by atoms with E-state index in [1.54, 1.807) is 19.1 Å². The van der Waals surface area contributed by atoms with Gasteiger partial charge < -0.3 is 14.6 Å². The number of para-hydroxylation sites is 1. The van der Waals surface area contributed by atoms with Crippen LogP contribution >= 0.6 is 0 Å². The predicted molar refractivity (Wildman–Crippen MR) is 60.5 cm³/mol. The molecule has 0 aromatic heterocycles. The van der Waals surface area contributed by atoms with Gasteiger partial charge in [-0.1, -0.05) is 12.1 Å². The summed E-state index contributed by atoms with van der Waals surface area (Å²) in [6, 6.07) is 4.57. The zero-order valence-electron chi connectivity index (χ0n) is 10.2. The van der Waals surface area contributed by atoms with E-state index < -0.39 is 18.8 Å². The van der Waals surface area contributed by atoms with Gasteiger partial charge >= 0.3 is 12.1 Å². The minimum Gasteiger partial charge on any atom is -0.490 e. The van der Waals surface area contributed by atoms with Crippen molar-refractivity contribution in [3.8, 4) is 5.75 Å². The number of carboxylic acid groups (broad SMARTS) is 1. The largest absolute Gasteiger partial charge is 0.490 e. The Balaban J connectivity index is 2.52. The summed E-state index contributed by atoms with van der Waals surface area (Å²) < 4.78 is 44.9. The molecule has 0 radical (unpaired) electrons. The van der Waals surface area contributed by atoms with Crippen molar-refractivity contribution in [3.05, 3.63) is 29.3 Å². The van der Waals surface area contributed by atoms with Crippen molar-refractivity contribution in [1.82, 2.24) is 0 Å². The molecule has 0 spiro atoms. The lowest BCUT2D eigenvalue weighted by Gasteiger charge is -2.12. The maximum Gasteiger partial charge on any atom is 0.411 e. The Morgan fingerprint density at radius 1 is 1.32 bits per heavy atom. The summed E-state index contributed by atoms with van der Waals surface area (Å²) in [6.07, 6.45) is -4.38. The molecule has 0 aliphatic heterocycles. The zero-order valence-corrected chi connectivity index (χ0v) is 10.2. The van der Waals surface area contributed by atoms with Crippen LogP contribution in [0, 0.1) is 6.92 Å². The molecule has 0 aliphatic carbocycles. The van der Waals surface area contributed by atoms with Crippen molar-refractivity contribution in [3.63, 3.8) is 0 Å². The first kappa shape index (κ1) is 15.3. The standard InChI is InChI=1S/C12H13F3O4/c1-8-3-2-4-9(11(16)17)10(8)19-6-5-18-7-12(13,14)15/h2-4H,5-7H2,1H3,(H,16,17). The van der Waals surface area contributed by atoms with Gasteiger partial charge in [-0.2, -0.15) is 13.2 Å². The first-order valence-electron chi connectivity index (χ1n) is 5.41. The SMILES string of the molecule is Cc1cccc(C(=O)O)c1OCCOCC(F)(F)F. The Hall–Kier alpha value is -1.76. The molecule has 7 heteroatoms. The summed E-state index contributed by atoms with van der Waals surface area (Å²) in [5.74, 6) is -1.01. The van der Waals surface area contributed by atoms with Crippen molar-refractivity contribution in [2.24, 2.45) is 0 Å². The van der Waals surface area contributed by atoms with E-state index >= 15 is 0 Å². The molecule has 0 amide bonds. The molecule has 19 heavy (non-hydrogen) atoms. The summed E-state index contributed by atoms with van der Waals surface area (Å²) in [6.45, 7) is -0.123. The topological polar surface area (TPSA) is 55.8 Å². The Morgan fingerprint density at radius 3 is 2.58 bits per heavy atom. The molecule has 0 aliphatic rings. The number of halogens is 3. The van der Waals surface area contributed by atoms with Gasteiger partial charge in [0, 0.05) is 0 Å². The molecule has 0 heterocycles. The van der Waals surface area contributed by atoms with Crippen molar-refractivity contribution in [1.29, 1.82) is 0 Å². The van der Waals surface area contributed by atoms with E-state index in [9.17, 15) is 18.0 Å². The summed E-state index contributed by atoms with van der Waals surface area (Å²) in [7, 11) is 0. The highest BCUT2D eigenvalue weighted by atomic mass is 19.4. The molecule has 0 unspecified atom stereocenters. The average molecular weight is 278 g/mol. The van der Waals surface area contributed by atoms with E-state index in [2.05, 4.69) is 4.74 Å². The molecular formula is C12H13F3O4. The van der Waals surface area contributed by atoms with Crippen molar-refractivity contribution < 1.29 is 32.5 Å². The average Bonchev–Trinajstić information content (AvgIpc) is 2.28. The molecule has 0 saturated heterocycles. The first-order chi connectivity index (χ1) is 8.81. The maximum atomic E-state index is 11.8. The summed E-state index contributed by atoms with van der Waals surface area (Å²) in [4.78, 5) is 10.9. The van der Waals surface area contributed by atoms with Gasteiger partial charge in [0.15, 0.2) is 0 Å². The van der Waals surface area contributed by atoms with Crippen LogP contribution in [0.2, 0.25) is 0 Å². The lowest BCUT2D eigenvalue weighted by atomic mass is 10.1. The number of rotatable bonds is 6. The fourth-order valence-electron chi connectivity index (χ4n) is 1.40. The van der Waals surface area contributed by atoms with Crippen LogP contribution < -0.4 is 4.74 Å². The van der Waals surface area contributed by atoms with E-state index in [0.717, 1.165) is 0 Å². The van der Waals surface area contributed by atoms with E-state index in [-0.39, 0.29) is 24.5 Å². The molecule has 1 rings (SSSR count). The van der Waals surface area contributed by atoms with Crippen LogP contribution in [0.15, 0.2) is 18.2 Å². The number of aromatic carboxylic acids is 1. The Bertz CT molecular complexity index is 443. The van der Waals surface area contributed by atoms with Crippen LogP contribution in [-0.2, 0) is 4.74 Å². The van der Waals surface area contributed by atoms with Crippen LogP contribution in [0.3, 0.4) is 0 Å². The van der Waals surface area contributed by atoms with Crippen molar-refractivity contribution in [2.45, 2.75) is 13.1 Å². The van der Waals surface area contributed by atoms with Crippen LogP contribution in [0.4, 0.5) is 13.2 Å². The van der Waals surface area contributed by atoms with E-state index in [0.29, 0.717) is 5.56 Å². The highest BCUT2D eigenvalue weighted by Gasteiger charge is 2.27. The second-order valence-corrected chi connectivity index (χ2v) is 3.77. The van der Waals surface area contributed by atoms with Crippen molar-refractivity contribution in [2.75, 3.05) is 19.8 Å². The Kier molecular flexibility index (Phi) is 5.17. The molecule has 1 N–H and O–H groups in total. The highest BCUT2D eigenvalue weighted by Crippen LogP contribution is 2.23. The third-order valence-electron chi connectivity index (χ3n) is 2.18. The minimum absolute atomic E-state index is 0.0316. The summed E-state index contributed by atoms with van der Waals surface area (Å²) in [5, 5.41) is 8.94. The van der Waals surface area contributed by atoms with E-state index in [4.69, 9.17) is 9.84 Å². The molecule has 1 aromatic carbocycles. The molecule has 106 valence electrons. The smallest absolute Gasteiger partial charge is 0.411 e. The fourth-order valence-corrected chi connectivity index (χ4v) is 1.40. The third kappa shape index (κ3) is 5.17. The van der Waals surface area contributed by atoms with Crippen LogP contribution in [0.5, 0.6) is 5.75 Å². The van der Waals surface area contributed by atoms with Gasteiger partial charge in [0.25, 0.3) is 0 Å². The quantitative estimate of drug-likeness (QED) is 0.813. The Labute approximate surface area is 107 Å². The molecule has 1 aromatic rings. The van der Waals surface area contributed by atoms with Gasteiger partial charge in [0.2, 0.25) is 0 Å². The number of carbonyl (C=O) groups is 1. The Morgan fingerprint density at radius 2 is 2.00 bits per heavy atom. The number of benzene rings is 1. The molecule has 0 fully saturated rings. The highest BCUT2D eigenvalue weighted by molar-refractivity contribution is 5.91. The number of carboxylic acids is 1. The summed E-state index contributed by atoms with van der Waals surface area (Å²) in [5.41, 5.74) is 0.562. The third-order valence-corrected chi connectivity index (χ3v) is 2.18. The van der Waals surface area contributed by atoms with E-state index in [1.165, 1.54) is 6.07 Å². The second-order valence-electron chi connectivity index (χ2n) is 3.77. The molecule has 0 atom stereocenters. The molecule has 0 saturated carbocycles. The minimum atomic E-state index is -4.38. The number of aryl methyl sites for hydroxylation is 1. The monoisotopic (exact) mass is 278 g/mol. The normalized spacial score (nSPS) is 11.4. The molecule has 4 nitrogen and oxygen atoms in total. The zero-order chi connectivity index (χ0) is 14.5. The number of ether oxygens (including phenoxy) is 2. The fraction of sp³-hybridized carbons (Fsp3) is 0.417. The number of alkyl halides is 3. The second kappa shape index (κ2) is 6.42. The lowest BCUT2D eigenvalue weighted by Crippen LogP contribution is -2.19. The first-order valence-corrected chi connectivity index (χ1v) is 5.41. The van der Waals surface area contributed by atoms with Crippen LogP contribution in [0.25, 0.3) is 0 Å². The molecular weight excluding hydrogens is 265 g/mol. The van der Waals surface area contributed by atoms with Gasteiger partial charge in [-0.25, -0.2) is 4.79 Å². The van der Waals surface area contributed by atoms with Crippen molar-refractivity contribution >= 4 is 5.97 Å². The molecule has 0 bridgehead atoms. The van der Waals surface area contributed by atoms with E-state index in [1.807, 2.05) is 0 Å². The van der Waals surface area contributed by atoms with Crippen LogP contribution in [-0.4, -0.2) is 37.1 Å². The predicted octanol–water partition coefficient (Wildman–Crippen LogP) is 2.65.